The molecule has 0 bridgehead atoms. The van der Waals surface area contributed by atoms with Gasteiger partial charge >= 0.3 is 0 Å². The van der Waals surface area contributed by atoms with Crippen LogP contribution >= 0.6 is 0 Å². The Morgan fingerprint density at radius 3 is 2.60 bits per heavy atom. The Labute approximate surface area is 148 Å². The van der Waals surface area contributed by atoms with E-state index in [0.29, 0.717) is 25.1 Å². The van der Waals surface area contributed by atoms with Gasteiger partial charge < -0.3 is 5.32 Å². The second-order valence-electron chi connectivity index (χ2n) is 6.12. The molecule has 0 radical (unpaired) electrons. The maximum Gasteiger partial charge on any atom is 0.229 e. The third-order valence-electron chi connectivity index (χ3n) is 3.98. The molecule has 0 unspecified atom stereocenters. The summed E-state index contributed by atoms with van der Waals surface area (Å²) < 4.78 is 26.8. The Kier molecular flexibility index (Phi) is 5.84. The summed E-state index contributed by atoms with van der Waals surface area (Å²) in [5.74, 6) is -0.0517. The normalized spacial score (nSPS) is 11.4. The fourth-order valence-electron chi connectivity index (χ4n) is 2.67. The predicted molar refractivity (Wildman–Crippen MR) is 97.8 cm³/mol. The topological polar surface area (TPSA) is 93.1 Å². The van der Waals surface area contributed by atoms with Crippen LogP contribution in [0.3, 0.4) is 0 Å². The predicted octanol–water partition coefficient (Wildman–Crippen LogP) is 1.66. The van der Waals surface area contributed by atoms with Gasteiger partial charge in [-0.15, -0.1) is 0 Å². The molecule has 1 heterocycles. The van der Waals surface area contributed by atoms with Gasteiger partial charge in [0.15, 0.2) is 0 Å². The van der Waals surface area contributed by atoms with Crippen LogP contribution in [0.15, 0.2) is 24.3 Å². The first-order chi connectivity index (χ1) is 11.7. The summed E-state index contributed by atoms with van der Waals surface area (Å²) in [7, 11) is -1.42. The van der Waals surface area contributed by atoms with Gasteiger partial charge in [-0.2, -0.15) is 5.10 Å². The highest BCUT2D eigenvalue weighted by molar-refractivity contribution is 7.92. The SMILES string of the molecule is Cc1nn(C)c(C)c1CCC(=O)NCc1cccc(NS(C)(=O)=O)c1. The third kappa shape index (κ3) is 5.60. The first-order valence-corrected chi connectivity index (χ1v) is 9.87. The molecule has 1 aromatic carbocycles. The Morgan fingerprint density at radius 2 is 2.00 bits per heavy atom. The summed E-state index contributed by atoms with van der Waals surface area (Å²) in [6, 6.07) is 6.96. The van der Waals surface area contributed by atoms with E-state index in [1.54, 1.807) is 18.2 Å². The Hall–Kier alpha value is -2.35. The van der Waals surface area contributed by atoms with Crippen LogP contribution in [-0.2, 0) is 34.8 Å². The van der Waals surface area contributed by atoms with Crippen LogP contribution in [0.2, 0.25) is 0 Å². The van der Waals surface area contributed by atoms with E-state index in [1.807, 2.05) is 31.6 Å². The van der Waals surface area contributed by atoms with Crippen molar-refractivity contribution in [1.82, 2.24) is 15.1 Å². The highest BCUT2D eigenvalue weighted by Gasteiger charge is 2.11. The largest absolute Gasteiger partial charge is 0.352 e. The van der Waals surface area contributed by atoms with Gasteiger partial charge in [-0.25, -0.2) is 8.42 Å². The van der Waals surface area contributed by atoms with E-state index in [2.05, 4.69) is 15.1 Å². The van der Waals surface area contributed by atoms with Gasteiger partial charge in [-0.05, 0) is 43.5 Å². The zero-order valence-corrected chi connectivity index (χ0v) is 15.8. The van der Waals surface area contributed by atoms with Crippen LogP contribution in [0.5, 0.6) is 0 Å². The van der Waals surface area contributed by atoms with Gasteiger partial charge in [-0.1, -0.05) is 12.1 Å². The number of aryl methyl sites for hydroxylation is 2. The molecule has 2 N–H and O–H groups in total. The van der Waals surface area contributed by atoms with Crippen molar-refractivity contribution in [1.29, 1.82) is 0 Å². The summed E-state index contributed by atoms with van der Waals surface area (Å²) in [5.41, 5.74) is 4.45. The Morgan fingerprint density at radius 1 is 1.28 bits per heavy atom. The van der Waals surface area contributed by atoms with Crippen LogP contribution in [0.1, 0.15) is 28.9 Å². The van der Waals surface area contributed by atoms with Gasteiger partial charge in [0.25, 0.3) is 0 Å². The average Bonchev–Trinajstić information content (AvgIpc) is 2.75. The molecular weight excluding hydrogens is 340 g/mol. The zero-order valence-electron chi connectivity index (χ0n) is 15.0. The molecule has 0 saturated heterocycles. The van der Waals surface area contributed by atoms with Gasteiger partial charge in [-0.3, -0.25) is 14.2 Å². The summed E-state index contributed by atoms with van der Waals surface area (Å²) >= 11 is 0. The van der Waals surface area contributed by atoms with Crippen molar-refractivity contribution in [2.24, 2.45) is 7.05 Å². The lowest BCUT2D eigenvalue weighted by atomic mass is 10.1. The maximum atomic E-state index is 12.1. The number of aromatic nitrogens is 2. The molecule has 0 atom stereocenters. The number of amides is 1. The first-order valence-electron chi connectivity index (χ1n) is 7.98. The summed E-state index contributed by atoms with van der Waals surface area (Å²) in [6.45, 7) is 4.29. The Balaban J connectivity index is 1.89. The molecule has 0 aliphatic rings. The molecule has 1 aromatic heterocycles. The number of benzene rings is 1. The first kappa shape index (κ1) is 19.0. The molecule has 0 spiro atoms. The van der Waals surface area contributed by atoms with E-state index < -0.39 is 10.0 Å². The van der Waals surface area contributed by atoms with Crippen molar-refractivity contribution in [2.45, 2.75) is 33.2 Å². The monoisotopic (exact) mass is 364 g/mol. The van der Waals surface area contributed by atoms with E-state index in [-0.39, 0.29) is 5.91 Å². The molecule has 0 fully saturated rings. The Bertz CT molecular complexity index is 872. The number of sulfonamides is 1. The van der Waals surface area contributed by atoms with Gasteiger partial charge in [0, 0.05) is 31.4 Å². The quantitative estimate of drug-likeness (QED) is 0.781. The minimum absolute atomic E-state index is 0.0517. The molecule has 7 nitrogen and oxygen atoms in total. The molecule has 8 heteroatoms. The van der Waals surface area contributed by atoms with E-state index in [0.717, 1.165) is 28.8 Å². The number of hydrogen-bond donors (Lipinski definition) is 2. The number of nitrogens with zero attached hydrogens (tertiary/aromatic N) is 2. The second-order valence-corrected chi connectivity index (χ2v) is 7.87. The van der Waals surface area contributed by atoms with Crippen molar-refractivity contribution in [3.05, 3.63) is 46.8 Å². The minimum atomic E-state index is -3.32. The summed E-state index contributed by atoms with van der Waals surface area (Å²) in [4.78, 5) is 12.1. The van der Waals surface area contributed by atoms with Crippen molar-refractivity contribution in [3.63, 3.8) is 0 Å². The van der Waals surface area contributed by atoms with Crippen molar-refractivity contribution in [2.75, 3.05) is 11.0 Å². The van der Waals surface area contributed by atoms with Crippen LogP contribution < -0.4 is 10.0 Å². The van der Waals surface area contributed by atoms with Gasteiger partial charge in [0.2, 0.25) is 15.9 Å². The average molecular weight is 364 g/mol. The summed E-state index contributed by atoms with van der Waals surface area (Å²) in [5, 5.41) is 7.21. The lowest BCUT2D eigenvalue weighted by molar-refractivity contribution is -0.121. The molecule has 0 saturated carbocycles. The fourth-order valence-corrected chi connectivity index (χ4v) is 3.22. The van der Waals surface area contributed by atoms with E-state index in [9.17, 15) is 13.2 Å². The van der Waals surface area contributed by atoms with E-state index >= 15 is 0 Å². The standard InChI is InChI=1S/C17H24N4O3S/c1-12-16(13(2)21(3)19-12)8-9-17(22)18-11-14-6-5-7-15(10-14)20-25(4,23)24/h5-7,10,20H,8-9,11H2,1-4H3,(H,18,22). The van der Waals surface area contributed by atoms with Gasteiger partial charge in [0.1, 0.15) is 0 Å². The highest BCUT2D eigenvalue weighted by atomic mass is 32.2. The smallest absolute Gasteiger partial charge is 0.229 e. The number of nitrogens with one attached hydrogen (secondary N) is 2. The zero-order chi connectivity index (χ0) is 18.6. The van der Waals surface area contributed by atoms with E-state index in [4.69, 9.17) is 0 Å². The highest BCUT2D eigenvalue weighted by Crippen LogP contribution is 2.14. The van der Waals surface area contributed by atoms with Crippen molar-refractivity contribution >= 4 is 21.6 Å². The van der Waals surface area contributed by atoms with Crippen LogP contribution in [-0.4, -0.2) is 30.4 Å². The molecule has 1 amide bonds. The van der Waals surface area contributed by atoms with Crippen LogP contribution in [0.4, 0.5) is 5.69 Å². The molecule has 0 aliphatic carbocycles. The molecule has 136 valence electrons. The van der Waals surface area contributed by atoms with Crippen molar-refractivity contribution < 1.29 is 13.2 Å². The second kappa shape index (κ2) is 7.69. The maximum absolute atomic E-state index is 12.1. The lowest BCUT2D eigenvalue weighted by Gasteiger charge is -2.08. The molecule has 2 aromatic rings. The van der Waals surface area contributed by atoms with Crippen LogP contribution in [0.25, 0.3) is 0 Å². The number of hydrogen-bond acceptors (Lipinski definition) is 4. The number of rotatable bonds is 7. The van der Waals surface area contributed by atoms with Crippen LogP contribution in [0, 0.1) is 13.8 Å². The third-order valence-corrected chi connectivity index (χ3v) is 4.59. The minimum Gasteiger partial charge on any atom is -0.352 e. The number of carbonyl (C=O) groups excluding carboxylic acids is 1. The van der Waals surface area contributed by atoms with E-state index in [1.165, 1.54) is 0 Å². The number of carbonyl (C=O) groups is 1. The van der Waals surface area contributed by atoms with Crippen molar-refractivity contribution in [3.8, 4) is 0 Å². The molecule has 2 rings (SSSR count). The number of anilines is 1. The molecule has 0 aliphatic heterocycles. The molecule has 25 heavy (non-hydrogen) atoms. The van der Waals surface area contributed by atoms with Gasteiger partial charge in [0.05, 0.1) is 11.9 Å². The lowest BCUT2D eigenvalue weighted by Crippen LogP contribution is -2.23. The fraction of sp³-hybridized carbons (Fsp3) is 0.412. The molecular formula is C17H24N4O3S. The summed E-state index contributed by atoms with van der Waals surface area (Å²) in [6.07, 6.45) is 2.13.